The molecule has 88 valence electrons. The summed E-state index contributed by atoms with van der Waals surface area (Å²) in [5, 5.41) is 3.84. The largest absolute Gasteiger partial charge is 0.339 e. The lowest BCUT2D eigenvalue weighted by atomic mass is 10.2. The molecule has 0 aliphatic rings. The van der Waals surface area contributed by atoms with Crippen LogP contribution in [0.3, 0.4) is 0 Å². The van der Waals surface area contributed by atoms with E-state index in [0.717, 1.165) is 5.56 Å². The second kappa shape index (κ2) is 5.22. The highest BCUT2D eigenvalue weighted by Crippen LogP contribution is 2.15. The van der Waals surface area contributed by atoms with Crippen LogP contribution in [0.1, 0.15) is 12.3 Å². The molecule has 6 heteroatoms. The highest BCUT2D eigenvalue weighted by atomic mass is 16.5. The van der Waals surface area contributed by atoms with Crippen LogP contribution in [0.5, 0.6) is 0 Å². The first-order valence-electron chi connectivity index (χ1n) is 5.17. The Morgan fingerprint density at radius 2 is 2.12 bits per heavy atom. The molecule has 0 saturated carbocycles. The molecule has 0 fully saturated rings. The van der Waals surface area contributed by atoms with Crippen LogP contribution in [-0.4, -0.2) is 16.0 Å². The lowest BCUT2D eigenvalue weighted by Gasteiger charge is -1.94. The number of amides is 1. The van der Waals surface area contributed by atoms with Crippen molar-refractivity contribution in [3.63, 3.8) is 0 Å². The van der Waals surface area contributed by atoms with Crippen molar-refractivity contribution >= 4 is 5.91 Å². The molecule has 1 aromatic carbocycles. The molecule has 0 atom stereocenters. The number of nitrogens with two attached hydrogens (primary N) is 1. The fourth-order valence-electron chi connectivity index (χ4n) is 1.35. The van der Waals surface area contributed by atoms with Gasteiger partial charge in [-0.2, -0.15) is 4.98 Å². The molecule has 0 aliphatic carbocycles. The predicted molar refractivity (Wildman–Crippen MR) is 60.4 cm³/mol. The lowest BCUT2D eigenvalue weighted by molar-refractivity contribution is -0.121. The van der Waals surface area contributed by atoms with Gasteiger partial charge in [0, 0.05) is 18.4 Å². The van der Waals surface area contributed by atoms with Crippen molar-refractivity contribution < 1.29 is 9.32 Å². The molecule has 0 saturated heterocycles. The molecule has 0 aliphatic heterocycles. The average Bonchev–Trinajstić information content (AvgIpc) is 2.86. The van der Waals surface area contributed by atoms with Crippen LogP contribution in [-0.2, 0) is 11.2 Å². The van der Waals surface area contributed by atoms with Gasteiger partial charge in [-0.05, 0) is 0 Å². The second-order valence-electron chi connectivity index (χ2n) is 3.45. The lowest BCUT2D eigenvalue weighted by Crippen LogP contribution is -2.30. The predicted octanol–water partition coefficient (Wildman–Crippen LogP) is 0.659. The summed E-state index contributed by atoms with van der Waals surface area (Å²) < 4.78 is 5.03. The summed E-state index contributed by atoms with van der Waals surface area (Å²) in [6.45, 7) is 0. The zero-order chi connectivity index (χ0) is 12.1. The van der Waals surface area contributed by atoms with Crippen LogP contribution >= 0.6 is 0 Å². The van der Waals surface area contributed by atoms with Crippen molar-refractivity contribution in [1.29, 1.82) is 0 Å². The molecule has 6 nitrogen and oxygen atoms in total. The minimum atomic E-state index is -0.260. The van der Waals surface area contributed by atoms with Gasteiger partial charge < -0.3 is 4.52 Å². The van der Waals surface area contributed by atoms with Gasteiger partial charge in [0.1, 0.15) is 0 Å². The van der Waals surface area contributed by atoms with Crippen molar-refractivity contribution in [3.05, 3.63) is 36.2 Å². The third kappa shape index (κ3) is 2.88. The van der Waals surface area contributed by atoms with Crippen molar-refractivity contribution in [3.8, 4) is 11.4 Å². The smallest absolute Gasteiger partial charge is 0.234 e. The molecule has 2 rings (SSSR count). The molecule has 17 heavy (non-hydrogen) atoms. The quantitative estimate of drug-likeness (QED) is 0.458. The number of hydrazine groups is 1. The Bertz CT molecular complexity index is 495. The number of benzene rings is 1. The fraction of sp³-hybridized carbons (Fsp3) is 0.182. The number of carbonyl (C=O) groups is 1. The fourth-order valence-corrected chi connectivity index (χ4v) is 1.35. The minimum absolute atomic E-state index is 0.229. The highest BCUT2D eigenvalue weighted by molar-refractivity contribution is 5.75. The summed E-state index contributed by atoms with van der Waals surface area (Å²) in [6.07, 6.45) is 0.607. The normalized spacial score (nSPS) is 10.2. The van der Waals surface area contributed by atoms with Gasteiger partial charge in [0.2, 0.25) is 17.6 Å². The second-order valence-corrected chi connectivity index (χ2v) is 3.45. The van der Waals surface area contributed by atoms with Gasteiger partial charge in [-0.3, -0.25) is 10.2 Å². The van der Waals surface area contributed by atoms with E-state index >= 15 is 0 Å². The van der Waals surface area contributed by atoms with Crippen LogP contribution in [0.4, 0.5) is 0 Å². The molecule has 2 aromatic rings. The van der Waals surface area contributed by atoms with Gasteiger partial charge in [0.25, 0.3) is 0 Å². The Morgan fingerprint density at radius 3 is 2.82 bits per heavy atom. The molecule has 1 amide bonds. The summed E-state index contributed by atoms with van der Waals surface area (Å²) in [4.78, 5) is 15.1. The molecule has 3 N–H and O–H groups in total. The number of rotatable bonds is 4. The van der Waals surface area contributed by atoms with E-state index in [1.807, 2.05) is 35.8 Å². The maximum Gasteiger partial charge on any atom is 0.234 e. The van der Waals surface area contributed by atoms with E-state index in [0.29, 0.717) is 18.1 Å². The first kappa shape index (κ1) is 11.3. The first-order valence-corrected chi connectivity index (χ1v) is 5.17. The molecular formula is C11H12N4O2. The van der Waals surface area contributed by atoms with Crippen LogP contribution in [0.25, 0.3) is 11.4 Å². The van der Waals surface area contributed by atoms with E-state index in [2.05, 4.69) is 10.1 Å². The molecule has 0 spiro atoms. The van der Waals surface area contributed by atoms with Crippen LogP contribution in [0.2, 0.25) is 0 Å². The number of nitrogens with zero attached hydrogens (tertiary/aromatic N) is 2. The number of aryl methyl sites for hydroxylation is 1. The summed E-state index contributed by atoms with van der Waals surface area (Å²) in [5.74, 6) is 5.65. The van der Waals surface area contributed by atoms with Crippen molar-refractivity contribution in [2.45, 2.75) is 12.8 Å². The monoisotopic (exact) mass is 232 g/mol. The zero-order valence-corrected chi connectivity index (χ0v) is 9.09. The van der Waals surface area contributed by atoms with Gasteiger partial charge in [-0.1, -0.05) is 35.5 Å². The van der Waals surface area contributed by atoms with Crippen molar-refractivity contribution in [2.24, 2.45) is 5.84 Å². The van der Waals surface area contributed by atoms with Crippen LogP contribution < -0.4 is 11.3 Å². The summed E-state index contributed by atoms with van der Waals surface area (Å²) >= 11 is 0. The first-order chi connectivity index (χ1) is 8.29. The maximum absolute atomic E-state index is 10.9. The Hall–Kier alpha value is -2.21. The van der Waals surface area contributed by atoms with Crippen LogP contribution in [0.15, 0.2) is 34.9 Å². The topological polar surface area (TPSA) is 94.0 Å². The maximum atomic E-state index is 10.9. The Kier molecular flexibility index (Phi) is 3.46. The summed E-state index contributed by atoms with van der Waals surface area (Å²) in [7, 11) is 0. The van der Waals surface area contributed by atoms with Crippen molar-refractivity contribution in [2.75, 3.05) is 0 Å². The molecule has 1 aromatic heterocycles. The Labute approximate surface area is 97.8 Å². The molecule has 1 heterocycles. The number of hydrogen-bond acceptors (Lipinski definition) is 5. The number of nitrogens with one attached hydrogen (secondary N) is 1. The van der Waals surface area contributed by atoms with Crippen molar-refractivity contribution in [1.82, 2.24) is 15.6 Å². The third-order valence-corrected chi connectivity index (χ3v) is 2.23. The van der Waals surface area contributed by atoms with E-state index in [9.17, 15) is 4.79 Å². The number of carbonyl (C=O) groups excluding carboxylic acids is 1. The van der Waals surface area contributed by atoms with E-state index in [4.69, 9.17) is 10.4 Å². The van der Waals surface area contributed by atoms with Crippen LogP contribution in [0, 0.1) is 0 Å². The molecule has 0 unspecified atom stereocenters. The van der Waals surface area contributed by atoms with Gasteiger partial charge in [-0.25, -0.2) is 5.84 Å². The Morgan fingerprint density at radius 1 is 1.35 bits per heavy atom. The van der Waals surface area contributed by atoms with E-state index < -0.39 is 0 Å². The average molecular weight is 232 g/mol. The molecule has 0 radical (unpaired) electrons. The molecule has 0 bridgehead atoms. The van der Waals surface area contributed by atoms with Gasteiger partial charge >= 0.3 is 0 Å². The summed E-state index contributed by atoms with van der Waals surface area (Å²) in [6, 6.07) is 9.49. The zero-order valence-electron chi connectivity index (χ0n) is 9.09. The Balaban J connectivity index is 2.04. The molecular weight excluding hydrogens is 220 g/mol. The minimum Gasteiger partial charge on any atom is -0.339 e. The number of aromatic nitrogens is 2. The van der Waals surface area contributed by atoms with Gasteiger partial charge in [0.15, 0.2) is 0 Å². The summed E-state index contributed by atoms with van der Waals surface area (Å²) in [5.41, 5.74) is 2.93. The van der Waals surface area contributed by atoms with E-state index in [1.54, 1.807) is 0 Å². The standard InChI is InChI=1S/C11H12N4O2/c12-14-9(16)6-7-10-13-11(15-17-10)8-4-2-1-3-5-8/h1-5H,6-7,12H2,(H,14,16). The third-order valence-electron chi connectivity index (χ3n) is 2.23. The van der Waals surface area contributed by atoms with E-state index in [-0.39, 0.29) is 12.3 Å². The van der Waals surface area contributed by atoms with Gasteiger partial charge in [-0.15, -0.1) is 0 Å². The van der Waals surface area contributed by atoms with Gasteiger partial charge in [0.05, 0.1) is 0 Å². The van der Waals surface area contributed by atoms with E-state index in [1.165, 1.54) is 0 Å². The SMILES string of the molecule is NNC(=O)CCc1nc(-c2ccccc2)no1. The number of hydrogen-bond donors (Lipinski definition) is 2. The highest BCUT2D eigenvalue weighted by Gasteiger charge is 2.09.